The Morgan fingerprint density at radius 3 is 2.20 bits per heavy atom. The number of nitrogens with zero attached hydrogens (tertiary/aromatic N) is 4. The normalized spacial score (nSPS) is 19.8. The van der Waals surface area contributed by atoms with E-state index in [1.807, 2.05) is 13.8 Å². The van der Waals surface area contributed by atoms with Crippen molar-refractivity contribution in [3.63, 3.8) is 0 Å². The molecular formula is C14H31N5O. The topological polar surface area (TPSA) is 68.3 Å². The molecule has 0 radical (unpaired) electrons. The molecular weight excluding hydrogens is 254 g/mol. The molecule has 1 heterocycles. The predicted octanol–water partition coefficient (Wildman–Crippen LogP) is 0.471. The third-order valence-corrected chi connectivity index (χ3v) is 4.52. The van der Waals surface area contributed by atoms with Gasteiger partial charge >= 0.3 is 0 Å². The number of nitrogens with two attached hydrogens (primary N) is 1. The maximum atomic E-state index is 8.87. The van der Waals surface area contributed by atoms with Gasteiger partial charge in [0.25, 0.3) is 0 Å². The highest BCUT2D eigenvalue weighted by molar-refractivity contribution is 5.88. The van der Waals surface area contributed by atoms with Gasteiger partial charge in [0, 0.05) is 39.3 Å². The lowest BCUT2D eigenvalue weighted by Gasteiger charge is -2.43. The van der Waals surface area contributed by atoms with E-state index in [-0.39, 0.29) is 11.4 Å². The van der Waals surface area contributed by atoms with Crippen molar-refractivity contribution in [3.8, 4) is 0 Å². The molecule has 1 saturated heterocycles. The fourth-order valence-electron chi connectivity index (χ4n) is 2.64. The van der Waals surface area contributed by atoms with Gasteiger partial charge in [0.15, 0.2) is 5.84 Å². The minimum Gasteiger partial charge on any atom is -0.409 e. The number of piperazine rings is 1. The van der Waals surface area contributed by atoms with E-state index in [1.54, 1.807) is 0 Å². The Kier molecular flexibility index (Phi) is 6.71. The van der Waals surface area contributed by atoms with E-state index in [2.05, 4.69) is 33.7 Å². The second kappa shape index (κ2) is 7.81. The lowest BCUT2D eigenvalue weighted by molar-refractivity contribution is 0.0772. The molecule has 1 aliphatic heterocycles. The van der Waals surface area contributed by atoms with Crippen molar-refractivity contribution in [1.82, 2.24) is 14.7 Å². The summed E-state index contributed by atoms with van der Waals surface area (Å²) in [5, 5.41) is 12.0. The molecule has 118 valence electrons. The smallest absolute Gasteiger partial charge is 0.159 e. The maximum Gasteiger partial charge on any atom is 0.159 e. The molecule has 0 spiro atoms. The molecule has 0 amide bonds. The molecule has 0 saturated carbocycles. The van der Waals surface area contributed by atoms with E-state index in [9.17, 15) is 0 Å². The van der Waals surface area contributed by atoms with Crippen LogP contribution in [0.15, 0.2) is 5.16 Å². The van der Waals surface area contributed by atoms with E-state index in [0.29, 0.717) is 0 Å². The molecule has 6 nitrogen and oxygen atoms in total. The lowest BCUT2D eigenvalue weighted by Crippen LogP contribution is -2.60. The van der Waals surface area contributed by atoms with Crippen molar-refractivity contribution in [1.29, 1.82) is 0 Å². The first kappa shape index (κ1) is 17.2. The van der Waals surface area contributed by atoms with Crippen LogP contribution in [0.25, 0.3) is 0 Å². The Hall–Kier alpha value is -0.850. The van der Waals surface area contributed by atoms with Crippen LogP contribution in [0.5, 0.6) is 0 Å². The molecule has 20 heavy (non-hydrogen) atoms. The third kappa shape index (κ3) is 4.33. The van der Waals surface area contributed by atoms with Crippen LogP contribution in [0.2, 0.25) is 0 Å². The highest BCUT2D eigenvalue weighted by Crippen LogP contribution is 2.17. The molecule has 6 heteroatoms. The zero-order valence-corrected chi connectivity index (χ0v) is 13.5. The van der Waals surface area contributed by atoms with Crippen LogP contribution in [0.3, 0.4) is 0 Å². The summed E-state index contributed by atoms with van der Waals surface area (Å²) in [4.78, 5) is 7.24. The molecule has 1 rings (SSSR count). The number of hydrogen-bond donors (Lipinski definition) is 2. The predicted molar refractivity (Wildman–Crippen MR) is 83.3 cm³/mol. The van der Waals surface area contributed by atoms with Crippen LogP contribution in [0.4, 0.5) is 0 Å². The quantitative estimate of drug-likeness (QED) is 0.308. The van der Waals surface area contributed by atoms with E-state index < -0.39 is 0 Å². The summed E-state index contributed by atoms with van der Waals surface area (Å²) in [6.07, 6.45) is 0. The van der Waals surface area contributed by atoms with Gasteiger partial charge in [-0.3, -0.25) is 9.80 Å². The lowest BCUT2D eigenvalue weighted by atomic mass is 10.0. The Balaban J connectivity index is 2.40. The van der Waals surface area contributed by atoms with Crippen molar-refractivity contribution in [3.05, 3.63) is 0 Å². The van der Waals surface area contributed by atoms with Crippen LogP contribution in [0.1, 0.15) is 27.7 Å². The first-order valence-electron chi connectivity index (χ1n) is 7.63. The van der Waals surface area contributed by atoms with Gasteiger partial charge < -0.3 is 15.8 Å². The summed E-state index contributed by atoms with van der Waals surface area (Å²) >= 11 is 0. The van der Waals surface area contributed by atoms with Gasteiger partial charge in [0.05, 0.1) is 5.54 Å². The molecule has 0 unspecified atom stereocenters. The van der Waals surface area contributed by atoms with Gasteiger partial charge in [0.2, 0.25) is 0 Å². The first-order valence-corrected chi connectivity index (χ1v) is 7.63. The average Bonchev–Trinajstić information content (AvgIpc) is 2.47. The Bertz CT molecular complexity index is 307. The maximum absolute atomic E-state index is 8.87. The van der Waals surface area contributed by atoms with Gasteiger partial charge in [-0.1, -0.05) is 19.0 Å². The average molecular weight is 285 g/mol. The van der Waals surface area contributed by atoms with Crippen LogP contribution >= 0.6 is 0 Å². The largest absolute Gasteiger partial charge is 0.409 e. The first-order chi connectivity index (χ1) is 9.45. The second-order valence-corrected chi connectivity index (χ2v) is 5.90. The third-order valence-electron chi connectivity index (χ3n) is 4.52. The number of hydrogen-bond acceptors (Lipinski definition) is 5. The summed E-state index contributed by atoms with van der Waals surface area (Å²) in [6.45, 7) is 16.9. The Labute approximate surface area is 123 Å². The Morgan fingerprint density at radius 1 is 1.20 bits per heavy atom. The summed E-state index contributed by atoms with van der Waals surface area (Å²) in [5.41, 5.74) is 5.41. The molecule has 3 N–H and O–H groups in total. The summed E-state index contributed by atoms with van der Waals surface area (Å²) < 4.78 is 0. The summed E-state index contributed by atoms with van der Waals surface area (Å²) in [5.74, 6) is 0.286. The van der Waals surface area contributed by atoms with Crippen LogP contribution < -0.4 is 5.73 Å². The van der Waals surface area contributed by atoms with Gasteiger partial charge in [0.1, 0.15) is 0 Å². The zero-order chi connectivity index (χ0) is 15.2. The monoisotopic (exact) mass is 285 g/mol. The number of rotatable bonds is 7. The molecule has 0 bridgehead atoms. The molecule has 1 aliphatic rings. The number of amidine groups is 1. The molecule has 0 aromatic rings. The highest BCUT2D eigenvalue weighted by Gasteiger charge is 2.33. The second-order valence-electron chi connectivity index (χ2n) is 5.90. The van der Waals surface area contributed by atoms with E-state index in [1.165, 1.54) is 0 Å². The van der Waals surface area contributed by atoms with Gasteiger partial charge in [-0.2, -0.15) is 0 Å². The highest BCUT2D eigenvalue weighted by atomic mass is 16.4. The fourth-order valence-corrected chi connectivity index (χ4v) is 2.64. The zero-order valence-electron chi connectivity index (χ0n) is 13.5. The summed E-state index contributed by atoms with van der Waals surface area (Å²) in [7, 11) is 0. The van der Waals surface area contributed by atoms with E-state index in [4.69, 9.17) is 10.9 Å². The van der Waals surface area contributed by atoms with Crippen molar-refractivity contribution in [2.45, 2.75) is 33.2 Å². The van der Waals surface area contributed by atoms with Crippen LogP contribution in [-0.2, 0) is 0 Å². The van der Waals surface area contributed by atoms with Crippen molar-refractivity contribution >= 4 is 5.84 Å². The Morgan fingerprint density at radius 2 is 1.75 bits per heavy atom. The fraction of sp³-hybridized carbons (Fsp3) is 0.929. The SMILES string of the molecule is CCN(CC)CCN1CCN(C(C)(C)C(N)=NO)CC1. The van der Waals surface area contributed by atoms with E-state index >= 15 is 0 Å². The van der Waals surface area contributed by atoms with Crippen molar-refractivity contribution in [2.75, 3.05) is 52.4 Å². The summed E-state index contributed by atoms with van der Waals surface area (Å²) in [6, 6.07) is 0. The van der Waals surface area contributed by atoms with Gasteiger partial charge in [-0.05, 0) is 26.9 Å². The van der Waals surface area contributed by atoms with Crippen LogP contribution in [-0.4, -0.2) is 83.6 Å². The van der Waals surface area contributed by atoms with Crippen molar-refractivity contribution < 1.29 is 5.21 Å². The molecule has 0 aromatic heterocycles. The van der Waals surface area contributed by atoms with Gasteiger partial charge in [-0.15, -0.1) is 0 Å². The number of likely N-dealkylation sites (N-methyl/N-ethyl adjacent to an activating group) is 1. The molecule has 0 aliphatic carbocycles. The standard InChI is InChI=1S/C14H31N5O/c1-5-17(6-2)7-8-18-9-11-19(12-10-18)14(3,4)13(15)16-20/h20H,5-12H2,1-4H3,(H2,15,16). The van der Waals surface area contributed by atoms with E-state index in [0.717, 1.165) is 52.4 Å². The van der Waals surface area contributed by atoms with Crippen LogP contribution in [0, 0.1) is 0 Å². The molecule has 0 aromatic carbocycles. The number of oxime groups is 1. The minimum atomic E-state index is -0.375. The molecule has 1 fully saturated rings. The van der Waals surface area contributed by atoms with Gasteiger partial charge in [-0.25, -0.2) is 0 Å². The minimum absolute atomic E-state index is 0.286. The van der Waals surface area contributed by atoms with Crippen molar-refractivity contribution in [2.24, 2.45) is 10.9 Å². The molecule has 0 atom stereocenters.